The Morgan fingerprint density at radius 1 is 1.45 bits per heavy atom. The molecule has 0 spiro atoms. The van der Waals surface area contributed by atoms with Crippen molar-refractivity contribution in [2.75, 3.05) is 13.6 Å². The van der Waals surface area contributed by atoms with Gasteiger partial charge in [0.2, 0.25) is 5.91 Å². The van der Waals surface area contributed by atoms with E-state index >= 15 is 0 Å². The predicted molar refractivity (Wildman–Crippen MR) is 68.8 cm³/mol. The van der Waals surface area contributed by atoms with Crippen LogP contribution in [-0.2, 0) is 14.4 Å². The van der Waals surface area contributed by atoms with Crippen LogP contribution in [-0.4, -0.2) is 53.5 Å². The lowest BCUT2D eigenvalue weighted by Crippen LogP contribution is -2.55. The molecular weight excluding hydrogens is 266 g/mol. The molecule has 1 aliphatic heterocycles. The van der Waals surface area contributed by atoms with Crippen LogP contribution in [0.15, 0.2) is 0 Å². The number of carboxylic acids is 1. The van der Waals surface area contributed by atoms with Gasteiger partial charge in [0.05, 0.1) is 5.92 Å². The van der Waals surface area contributed by atoms with Crippen LogP contribution >= 0.6 is 0 Å². The average molecular weight is 285 g/mol. The second kappa shape index (κ2) is 6.88. The van der Waals surface area contributed by atoms with Gasteiger partial charge in [0, 0.05) is 20.0 Å². The smallest absolute Gasteiger partial charge is 0.315 e. The number of hydrogen-bond acceptors (Lipinski definition) is 4. The van der Waals surface area contributed by atoms with Crippen molar-refractivity contribution in [3.05, 3.63) is 0 Å². The number of likely N-dealkylation sites (N-methyl/N-ethyl adjacent to an activating group) is 1. The number of imide groups is 1. The molecule has 0 aromatic carbocycles. The molecule has 0 aromatic rings. The molecule has 1 fully saturated rings. The van der Waals surface area contributed by atoms with Crippen LogP contribution in [0.2, 0.25) is 0 Å². The number of urea groups is 1. The van der Waals surface area contributed by atoms with Gasteiger partial charge in [-0.15, -0.1) is 0 Å². The molecule has 1 saturated heterocycles. The van der Waals surface area contributed by atoms with Crippen LogP contribution in [0.25, 0.3) is 0 Å². The molecule has 20 heavy (non-hydrogen) atoms. The largest absolute Gasteiger partial charge is 0.481 e. The van der Waals surface area contributed by atoms with E-state index in [0.717, 1.165) is 4.90 Å². The third-order valence-corrected chi connectivity index (χ3v) is 3.31. The van der Waals surface area contributed by atoms with Crippen molar-refractivity contribution in [1.29, 1.82) is 0 Å². The van der Waals surface area contributed by atoms with Crippen molar-refractivity contribution in [1.82, 2.24) is 15.5 Å². The van der Waals surface area contributed by atoms with Crippen molar-refractivity contribution in [3.8, 4) is 0 Å². The number of nitrogens with one attached hydrogen (secondary N) is 2. The number of carbonyl (C=O) groups excluding carboxylic acids is 3. The number of hydrogen-bond donors (Lipinski definition) is 3. The summed E-state index contributed by atoms with van der Waals surface area (Å²) < 4.78 is 0. The normalized spacial score (nSPS) is 20.5. The van der Waals surface area contributed by atoms with Crippen molar-refractivity contribution in [2.45, 2.75) is 32.2 Å². The van der Waals surface area contributed by atoms with Crippen LogP contribution in [0.1, 0.15) is 26.2 Å². The SMILES string of the molecule is CCC(CNC(=O)NC1CCC(=O)N(C)C1=O)C(=O)O. The number of carboxylic acid groups (broad SMARTS) is 1. The Hall–Kier alpha value is -2.12. The molecule has 0 bridgehead atoms. The molecule has 0 saturated carbocycles. The zero-order chi connectivity index (χ0) is 15.3. The van der Waals surface area contributed by atoms with Gasteiger partial charge in [0.25, 0.3) is 5.91 Å². The van der Waals surface area contributed by atoms with E-state index < -0.39 is 29.9 Å². The van der Waals surface area contributed by atoms with Crippen LogP contribution in [0.4, 0.5) is 4.79 Å². The highest BCUT2D eigenvalue weighted by molar-refractivity contribution is 6.01. The van der Waals surface area contributed by atoms with Gasteiger partial charge >= 0.3 is 12.0 Å². The number of aliphatic carboxylic acids is 1. The fourth-order valence-corrected chi connectivity index (χ4v) is 1.88. The average Bonchev–Trinajstić information content (AvgIpc) is 2.40. The summed E-state index contributed by atoms with van der Waals surface area (Å²) in [6, 6.07) is -1.35. The van der Waals surface area contributed by atoms with E-state index in [1.165, 1.54) is 7.05 Å². The Balaban J connectivity index is 2.44. The first-order chi connectivity index (χ1) is 9.36. The minimum atomic E-state index is -0.980. The maximum Gasteiger partial charge on any atom is 0.315 e. The van der Waals surface area contributed by atoms with Crippen LogP contribution < -0.4 is 10.6 Å². The monoisotopic (exact) mass is 285 g/mol. The number of piperidine rings is 1. The van der Waals surface area contributed by atoms with Gasteiger partial charge in [0.15, 0.2) is 0 Å². The van der Waals surface area contributed by atoms with Crippen molar-refractivity contribution in [2.24, 2.45) is 5.92 Å². The first-order valence-electron chi connectivity index (χ1n) is 6.44. The predicted octanol–water partition coefficient (Wildman–Crippen LogP) is -0.456. The number of amides is 4. The van der Waals surface area contributed by atoms with E-state index in [9.17, 15) is 19.2 Å². The summed E-state index contributed by atoms with van der Waals surface area (Å²) in [7, 11) is 1.37. The Kier molecular flexibility index (Phi) is 5.48. The molecule has 2 unspecified atom stereocenters. The topological polar surface area (TPSA) is 116 Å². The van der Waals surface area contributed by atoms with E-state index in [1.807, 2.05) is 0 Å². The van der Waals surface area contributed by atoms with Crippen molar-refractivity contribution < 1.29 is 24.3 Å². The lowest BCUT2D eigenvalue weighted by atomic mass is 10.0. The van der Waals surface area contributed by atoms with Crippen LogP contribution in [0.3, 0.4) is 0 Å². The minimum absolute atomic E-state index is 0.00660. The standard InChI is InChI=1S/C12H19N3O5/c1-3-7(11(18)19)6-13-12(20)14-8-4-5-9(16)15(2)10(8)17/h7-8H,3-6H2,1-2H3,(H,18,19)(H2,13,14,20). The van der Waals surface area contributed by atoms with Crippen molar-refractivity contribution in [3.63, 3.8) is 0 Å². The zero-order valence-corrected chi connectivity index (χ0v) is 11.5. The molecule has 0 radical (unpaired) electrons. The molecule has 0 aliphatic carbocycles. The molecule has 1 rings (SSSR count). The molecule has 1 heterocycles. The summed E-state index contributed by atoms with van der Waals surface area (Å²) >= 11 is 0. The van der Waals surface area contributed by atoms with Crippen molar-refractivity contribution >= 4 is 23.8 Å². The fourth-order valence-electron chi connectivity index (χ4n) is 1.88. The Morgan fingerprint density at radius 3 is 2.65 bits per heavy atom. The molecule has 1 aliphatic rings. The van der Waals surface area contributed by atoms with Crippen LogP contribution in [0, 0.1) is 5.92 Å². The number of nitrogens with zero attached hydrogens (tertiary/aromatic N) is 1. The summed E-state index contributed by atoms with van der Waals surface area (Å²) in [6.07, 6.45) is 0.848. The molecule has 4 amide bonds. The molecule has 2 atom stereocenters. The molecule has 8 heteroatoms. The van der Waals surface area contributed by atoms with E-state index in [1.54, 1.807) is 6.92 Å². The Bertz CT molecular complexity index is 423. The van der Waals surface area contributed by atoms with E-state index in [0.29, 0.717) is 6.42 Å². The van der Waals surface area contributed by atoms with Gasteiger partial charge in [-0.05, 0) is 12.8 Å². The lowest BCUT2D eigenvalue weighted by molar-refractivity contribution is -0.148. The maximum atomic E-state index is 11.7. The van der Waals surface area contributed by atoms with E-state index in [-0.39, 0.29) is 25.3 Å². The quantitative estimate of drug-likeness (QED) is 0.591. The first-order valence-corrected chi connectivity index (χ1v) is 6.44. The third kappa shape index (κ3) is 3.94. The van der Waals surface area contributed by atoms with Gasteiger partial charge in [-0.3, -0.25) is 19.3 Å². The lowest BCUT2D eigenvalue weighted by Gasteiger charge is -2.28. The summed E-state index contributed by atoms with van der Waals surface area (Å²) in [4.78, 5) is 46.4. The third-order valence-electron chi connectivity index (χ3n) is 3.31. The highest BCUT2D eigenvalue weighted by atomic mass is 16.4. The Morgan fingerprint density at radius 2 is 2.10 bits per heavy atom. The highest BCUT2D eigenvalue weighted by Crippen LogP contribution is 2.11. The fraction of sp³-hybridized carbons (Fsp3) is 0.667. The maximum absolute atomic E-state index is 11.7. The highest BCUT2D eigenvalue weighted by Gasteiger charge is 2.32. The second-order valence-electron chi connectivity index (χ2n) is 4.68. The molecule has 3 N–H and O–H groups in total. The summed E-state index contributed by atoms with van der Waals surface area (Å²) in [5.74, 6) is -2.37. The number of likely N-dealkylation sites (tertiary alicyclic amines) is 1. The number of carbonyl (C=O) groups is 4. The minimum Gasteiger partial charge on any atom is -0.481 e. The number of rotatable bonds is 5. The molecular formula is C12H19N3O5. The van der Waals surface area contributed by atoms with Gasteiger partial charge in [-0.1, -0.05) is 6.92 Å². The Labute approximate surface area is 116 Å². The van der Waals surface area contributed by atoms with Gasteiger partial charge in [0.1, 0.15) is 6.04 Å². The van der Waals surface area contributed by atoms with Gasteiger partial charge in [-0.25, -0.2) is 4.79 Å². The zero-order valence-electron chi connectivity index (χ0n) is 11.5. The van der Waals surface area contributed by atoms with E-state index in [4.69, 9.17) is 5.11 Å². The van der Waals surface area contributed by atoms with Crippen LogP contribution in [0.5, 0.6) is 0 Å². The summed E-state index contributed by atoms with van der Waals surface area (Å²) in [6.45, 7) is 1.71. The molecule has 112 valence electrons. The molecule has 0 aromatic heterocycles. The summed E-state index contributed by atoms with van der Waals surface area (Å²) in [5.41, 5.74) is 0. The first kappa shape index (κ1) is 15.9. The second-order valence-corrected chi connectivity index (χ2v) is 4.68. The van der Waals surface area contributed by atoms with Gasteiger partial charge in [-0.2, -0.15) is 0 Å². The van der Waals surface area contributed by atoms with Gasteiger partial charge < -0.3 is 15.7 Å². The molecule has 8 nitrogen and oxygen atoms in total. The van der Waals surface area contributed by atoms with E-state index in [2.05, 4.69) is 10.6 Å². The summed E-state index contributed by atoms with van der Waals surface area (Å²) in [5, 5.41) is 13.7.